The zero-order valence-corrected chi connectivity index (χ0v) is 13.6. The first kappa shape index (κ1) is 15.8. The molecule has 112 valence electrons. The molecule has 1 aliphatic heterocycles. The van der Waals surface area contributed by atoms with Gasteiger partial charge in [0.2, 0.25) is 0 Å². The van der Waals surface area contributed by atoms with Gasteiger partial charge in [-0.3, -0.25) is 4.79 Å². The second-order valence-electron chi connectivity index (χ2n) is 5.66. The lowest BCUT2D eigenvalue weighted by molar-refractivity contribution is 0.0725. The van der Waals surface area contributed by atoms with Gasteiger partial charge in [0.1, 0.15) is 0 Å². The Morgan fingerprint density at radius 3 is 2.95 bits per heavy atom. The Morgan fingerprint density at radius 1 is 1.30 bits per heavy atom. The quantitative estimate of drug-likeness (QED) is 0.910. The summed E-state index contributed by atoms with van der Waals surface area (Å²) in [4.78, 5) is 17.0. The number of amides is 1. The van der Waals surface area contributed by atoms with E-state index in [0.717, 1.165) is 37.2 Å². The normalized spacial score (nSPS) is 21.8. The first-order valence-corrected chi connectivity index (χ1v) is 8.17. The summed E-state index contributed by atoms with van der Waals surface area (Å²) in [5.74, 6) is 0.228. The number of carbonyl (C=O) groups excluding carboxylic acids is 1. The van der Waals surface area contributed by atoms with Gasteiger partial charge in [-0.25, -0.2) is 0 Å². The molecule has 1 aromatic rings. The number of aryl methyl sites for hydroxylation is 2. The van der Waals surface area contributed by atoms with E-state index in [1.165, 1.54) is 29.7 Å². The van der Waals surface area contributed by atoms with E-state index in [0.29, 0.717) is 6.04 Å². The summed E-state index contributed by atoms with van der Waals surface area (Å²) in [5.41, 5.74) is 1.42. The molecule has 5 heteroatoms. The SMILES string of the molecule is CN(C(=O)c1cc2c(s1)CCC2)C1CCCNCC1.Cl. The maximum Gasteiger partial charge on any atom is 0.263 e. The van der Waals surface area contributed by atoms with Crippen LogP contribution in [0.25, 0.3) is 0 Å². The van der Waals surface area contributed by atoms with Crippen LogP contribution in [-0.4, -0.2) is 37.0 Å². The summed E-state index contributed by atoms with van der Waals surface area (Å²) in [5, 5.41) is 3.41. The molecule has 0 radical (unpaired) electrons. The fraction of sp³-hybridized carbons (Fsp3) is 0.667. The predicted octanol–water partition coefficient (Wildman–Crippen LogP) is 2.87. The fourth-order valence-electron chi connectivity index (χ4n) is 3.16. The molecule has 0 aromatic carbocycles. The number of hydrogen-bond donors (Lipinski definition) is 1. The number of carbonyl (C=O) groups is 1. The molecule has 2 heterocycles. The number of rotatable bonds is 2. The van der Waals surface area contributed by atoms with Crippen molar-refractivity contribution < 1.29 is 4.79 Å². The third-order valence-electron chi connectivity index (χ3n) is 4.37. The molecule has 0 bridgehead atoms. The van der Waals surface area contributed by atoms with E-state index in [1.807, 2.05) is 11.9 Å². The van der Waals surface area contributed by atoms with Crippen molar-refractivity contribution in [1.82, 2.24) is 10.2 Å². The molecule has 1 unspecified atom stereocenters. The summed E-state index contributed by atoms with van der Waals surface area (Å²) in [6, 6.07) is 2.54. The van der Waals surface area contributed by atoms with E-state index in [-0.39, 0.29) is 18.3 Å². The van der Waals surface area contributed by atoms with Gasteiger partial charge in [0, 0.05) is 18.0 Å². The smallest absolute Gasteiger partial charge is 0.263 e. The zero-order valence-electron chi connectivity index (χ0n) is 12.0. The van der Waals surface area contributed by atoms with Crippen molar-refractivity contribution in [1.29, 1.82) is 0 Å². The van der Waals surface area contributed by atoms with Gasteiger partial charge in [-0.15, -0.1) is 23.7 Å². The van der Waals surface area contributed by atoms with Crippen LogP contribution in [0.2, 0.25) is 0 Å². The molecule has 3 nitrogen and oxygen atoms in total. The first-order chi connectivity index (χ1) is 9.25. The Bertz CT molecular complexity index is 445. The van der Waals surface area contributed by atoms with Gasteiger partial charge in [0.15, 0.2) is 0 Å². The van der Waals surface area contributed by atoms with E-state index in [1.54, 1.807) is 11.3 Å². The first-order valence-electron chi connectivity index (χ1n) is 7.35. The number of hydrogen-bond acceptors (Lipinski definition) is 3. The van der Waals surface area contributed by atoms with Crippen LogP contribution < -0.4 is 5.32 Å². The Labute approximate surface area is 131 Å². The molecule has 0 saturated carbocycles. The van der Waals surface area contributed by atoms with Crippen LogP contribution in [0.1, 0.15) is 45.8 Å². The summed E-state index contributed by atoms with van der Waals surface area (Å²) in [7, 11) is 1.98. The second-order valence-corrected chi connectivity index (χ2v) is 6.80. The van der Waals surface area contributed by atoms with Crippen LogP contribution >= 0.6 is 23.7 Å². The molecule has 1 N–H and O–H groups in total. The minimum absolute atomic E-state index is 0. The van der Waals surface area contributed by atoms with Crippen molar-refractivity contribution >= 4 is 29.7 Å². The number of thiophene rings is 1. The Kier molecular flexibility index (Phi) is 5.47. The lowest BCUT2D eigenvalue weighted by Crippen LogP contribution is -2.37. The Balaban J connectivity index is 0.00000147. The monoisotopic (exact) mass is 314 g/mol. The van der Waals surface area contributed by atoms with Gasteiger partial charge in [0.25, 0.3) is 5.91 Å². The van der Waals surface area contributed by atoms with Crippen molar-refractivity contribution in [2.75, 3.05) is 20.1 Å². The van der Waals surface area contributed by atoms with Crippen molar-refractivity contribution in [3.8, 4) is 0 Å². The molecule has 3 rings (SSSR count). The highest BCUT2D eigenvalue weighted by atomic mass is 35.5. The molecule has 0 spiro atoms. The molecular weight excluding hydrogens is 292 g/mol. The van der Waals surface area contributed by atoms with E-state index in [9.17, 15) is 4.79 Å². The van der Waals surface area contributed by atoms with Gasteiger partial charge in [-0.05, 0) is 63.2 Å². The van der Waals surface area contributed by atoms with Crippen molar-refractivity contribution in [2.45, 2.75) is 44.6 Å². The number of halogens is 1. The number of nitrogens with zero attached hydrogens (tertiary/aromatic N) is 1. The largest absolute Gasteiger partial charge is 0.338 e. The minimum atomic E-state index is 0. The van der Waals surface area contributed by atoms with Gasteiger partial charge in [0.05, 0.1) is 4.88 Å². The molecule has 1 fully saturated rings. The van der Waals surface area contributed by atoms with Gasteiger partial charge in [-0.1, -0.05) is 0 Å². The van der Waals surface area contributed by atoms with Crippen LogP contribution in [0.15, 0.2) is 6.07 Å². The molecule has 1 aliphatic carbocycles. The Morgan fingerprint density at radius 2 is 2.15 bits per heavy atom. The highest BCUT2D eigenvalue weighted by Crippen LogP contribution is 2.31. The lowest BCUT2D eigenvalue weighted by Gasteiger charge is -2.26. The van der Waals surface area contributed by atoms with E-state index >= 15 is 0 Å². The van der Waals surface area contributed by atoms with Crippen LogP contribution in [0.3, 0.4) is 0 Å². The maximum atomic E-state index is 12.6. The van der Waals surface area contributed by atoms with E-state index in [4.69, 9.17) is 0 Å². The molecule has 1 amide bonds. The van der Waals surface area contributed by atoms with Crippen LogP contribution in [0, 0.1) is 0 Å². The van der Waals surface area contributed by atoms with Gasteiger partial charge in [-0.2, -0.15) is 0 Å². The van der Waals surface area contributed by atoms with Crippen molar-refractivity contribution in [2.24, 2.45) is 0 Å². The third-order valence-corrected chi connectivity index (χ3v) is 5.60. The van der Waals surface area contributed by atoms with Crippen molar-refractivity contribution in [3.05, 3.63) is 21.4 Å². The predicted molar refractivity (Wildman–Crippen MR) is 86.2 cm³/mol. The van der Waals surface area contributed by atoms with Crippen molar-refractivity contribution in [3.63, 3.8) is 0 Å². The average Bonchev–Trinajstić information content (AvgIpc) is 2.89. The lowest BCUT2D eigenvalue weighted by atomic mass is 10.1. The Hall–Kier alpha value is -0.580. The molecule has 20 heavy (non-hydrogen) atoms. The fourth-order valence-corrected chi connectivity index (χ4v) is 4.40. The van der Waals surface area contributed by atoms with Crippen LogP contribution in [0.5, 0.6) is 0 Å². The van der Waals surface area contributed by atoms with E-state index in [2.05, 4.69) is 11.4 Å². The van der Waals surface area contributed by atoms with Gasteiger partial charge >= 0.3 is 0 Å². The number of fused-ring (bicyclic) bond motifs is 1. The second kappa shape index (κ2) is 6.92. The average molecular weight is 315 g/mol. The molecule has 1 aromatic heterocycles. The van der Waals surface area contributed by atoms with Crippen LogP contribution in [0.4, 0.5) is 0 Å². The summed E-state index contributed by atoms with van der Waals surface area (Å²) in [6.07, 6.45) is 6.97. The van der Waals surface area contributed by atoms with Gasteiger partial charge < -0.3 is 10.2 Å². The number of nitrogens with one attached hydrogen (secondary N) is 1. The minimum Gasteiger partial charge on any atom is -0.338 e. The molecule has 1 atom stereocenters. The summed E-state index contributed by atoms with van der Waals surface area (Å²) >= 11 is 1.72. The molecule has 2 aliphatic rings. The molecular formula is C15H23ClN2OS. The summed E-state index contributed by atoms with van der Waals surface area (Å²) < 4.78 is 0. The standard InChI is InChI=1S/C15H22N2OS.ClH/c1-17(12-5-3-8-16-9-7-12)15(18)14-10-11-4-2-6-13(11)19-14;/h10,12,16H,2-9H2,1H3;1H. The van der Waals surface area contributed by atoms with E-state index < -0.39 is 0 Å². The van der Waals surface area contributed by atoms with Crippen LogP contribution in [-0.2, 0) is 12.8 Å². The summed E-state index contributed by atoms with van der Waals surface area (Å²) in [6.45, 7) is 2.12. The third kappa shape index (κ3) is 3.18. The highest BCUT2D eigenvalue weighted by Gasteiger charge is 2.25. The zero-order chi connectivity index (χ0) is 13.2. The topological polar surface area (TPSA) is 32.3 Å². The molecule has 1 saturated heterocycles. The maximum absolute atomic E-state index is 12.6. The highest BCUT2D eigenvalue weighted by molar-refractivity contribution is 7.14.